The van der Waals surface area contributed by atoms with Crippen LogP contribution in [-0.2, 0) is 4.79 Å². The van der Waals surface area contributed by atoms with Gasteiger partial charge < -0.3 is 15.0 Å². The number of hydrogen-bond donors (Lipinski definition) is 2. The molecule has 1 amide bonds. The molecule has 0 saturated heterocycles. The van der Waals surface area contributed by atoms with Gasteiger partial charge >= 0.3 is 0 Å². The molecule has 0 spiro atoms. The molecule has 0 radical (unpaired) electrons. The molecule has 0 aliphatic rings. The smallest absolute Gasteiger partial charge is 0.237 e. The summed E-state index contributed by atoms with van der Waals surface area (Å²) in [5.41, 5.74) is 2.56. The van der Waals surface area contributed by atoms with E-state index in [9.17, 15) is 4.79 Å². The van der Waals surface area contributed by atoms with E-state index in [1.54, 1.807) is 29.8 Å². The van der Waals surface area contributed by atoms with Crippen LogP contribution in [0.25, 0.3) is 21.1 Å². The summed E-state index contributed by atoms with van der Waals surface area (Å²) >= 11 is 4.72. The lowest BCUT2D eigenvalue weighted by atomic mass is 10.2. The fraction of sp³-hybridized carbons (Fsp3) is 0.143. The van der Waals surface area contributed by atoms with Crippen molar-refractivity contribution in [2.24, 2.45) is 0 Å². The van der Waals surface area contributed by atoms with Gasteiger partial charge in [0.2, 0.25) is 5.91 Å². The summed E-state index contributed by atoms with van der Waals surface area (Å²) < 4.78 is 5.31. The highest BCUT2D eigenvalue weighted by Crippen LogP contribution is 2.37. The van der Waals surface area contributed by atoms with Crippen LogP contribution in [0.1, 0.15) is 6.92 Å². The molecule has 0 fully saturated rings. The number of amides is 1. The lowest BCUT2D eigenvalue weighted by molar-refractivity contribution is -0.115. The number of rotatable bonds is 7. The molecule has 8 heteroatoms. The molecule has 3 aromatic heterocycles. The van der Waals surface area contributed by atoms with Crippen LogP contribution >= 0.6 is 34.4 Å². The Labute approximate surface area is 181 Å². The highest BCUT2D eigenvalue weighted by Gasteiger charge is 2.21. The molecule has 4 aromatic rings. The van der Waals surface area contributed by atoms with Crippen molar-refractivity contribution in [3.8, 4) is 26.9 Å². The van der Waals surface area contributed by atoms with Gasteiger partial charge in [-0.05, 0) is 41.9 Å². The van der Waals surface area contributed by atoms with Gasteiger partial charge in [0, 0.05) is 0 Å². The van der Waals surface area contributed by atoms with E-state index in [0.717, 1.165) is 26.3 Å². The summed E-state index contributed by atoms with van der Waals surface area (Å²) in [5.74, 6) is 0.530. The van der Waals surface area contributed by atoms with Crippen molar-refractivity contribution in [2.45, 2.75) is 17.3 Å². The van der Waals surface area contributed by atoms with Gasteiger partial charge in [-0.15, -0.1) is 22.7 Å². The molecule has 1 atom stereocenters. The second-order valence-corrected chi connectivity index (χ2v) is 9.39. The highest BCUT2D eigenvalue weighted by molar-refractivity contribution is 8.00. The monoisotopic (exact) mass is 441 g/mol. The largest absolute Gasteiger partial charge is 0.495 e. The second-order valence-electron chi connectivity index (χ2n) is 6.17. The SMILES string of the molecule is COc1ccccc1NC(=O)C(C)Sc1nc(-c2cccs2)c(-c2cccs2)[nH]1. The molecule has 29 heavy (non-hydrogen) atoms. The number of benzene rings is 1. The van der Waals surface area contributed by atoms with E-state index in [1.165, 1.54) is 11.8 Å². The Morgan fingerprint density at radius 2 is 1.83 bits per heavy atom. The van der Waals surface area contributed by atoms with Crippen LogP contribution < -0.4 is 10.1 Å². The standard InChI is InChI=1S/C21H19N3O2S3/c1-13(20(25)22-14-7-3-4-8-15(14)26-2)29-21-23-18(16-9-5-11-27-16)19(24-21)17-10-6-12-28-17/h3-13H,1-2H3,(H,22,25)(H,23,24). The van der Waals surface area contributed by atoms with Gasteiger partial charge in [0.15, 0.2) is 5.16 Å². The van der Waals surface area contributed by atoms with E-state index in [1.807, 2.05) is 54.1 Å². The van der Waals surface area contributed by atoms with Crippen LogP contribution in [0.4, 0.5) is 5.69 Å². The third kappa shape index (κ3) is 4.39. The maximum absolute atomic E-state index is 12.7. The lowest BCUT2D eigenvalue weighted by Crippen LogP contribution is -2.22. The first-order valence-electron chi connectivity index (χ1n) is 8.94. The van der Waals surface area contributed by atoms with E-state index < -0.39 is 0 Å². The van der Waals surface area contributed by atoms with Crippen molar-refractivity contribution in [3.05, 3.63) is 59.3 Å². The number of thiophene rings is 2. The molecule has 0 aliphatic heterocycles. The number of carbonyl (C=O) groups excluding carboxylic acids is 1. The zero-order valence-corrected chi connectivity index (χ0v) is 18.3. The Hall–Kier alpha value is -2.55. The minimum Gasteiger partial charge on any atom is -0.495 e. The van der Waals surface area contributed by atoms with Gasteiger partial charge in [-0.2, -0.15) is 0 Å². The molecule has 3 heterocycles. The number of nitrogens with one attached hydrogen (secondary N) is 2. The number of anilines is 1. The van der Waals surface area contributed by atoms with Crippen LogP contribution in [0.15, 0.2) is 64.4 Å². The number of H-pyrrole nitrogens is 1. The summed E-state index contributed by atoms with van der Waals surface area (Å²) in [6.07, 6.45) is 0. The topological polar surface area (TPSA) is 67.0 Å². The first kappa shape index (κ1) is 19.8. The number of carbonyl (C=O) groups is 1. The number of hydrogen-bond acceptors (Lipinski definition) is 6. The predicted molar refractivity (Wildman–Crippen MR) is 122 cm³/mol. The van der Waals surface area contributed by atoms with Crippen LogP contribution in [0, 0.1) is 0 Å². The van der Waals surface area contributed by atoms with E-state index in [-0.39, 0.29) is 11.2 Å². The average molecular weight is 442 g/mol. The molecule has 0 aliphatic carbocycles. The van der Waals surface area contributed by atoms with Crippen LogP contribution in [0.2, 0.25) is 0 Å². The number of aromatic nitrogens is 2. The first-order chi connectivity index (χ1) is 14.2. The highest BCUT2D eigenvalue weighted by atomic mass is 32.2. The van der Waals surface area contributed by atoms with Crippen LogP contribution in [0.5, 0.6) is 5.75 Å². The zero-order chi connectivity index (χ0) is 20.2. The van der Waals surface area contributed by atoms with E-state index in [0.29, 0.717) is 11.4 Å². The third-order valence-electron chi connectivity index (χ3n) is 4.23. The van der Waals surface area contributed by atoms with Gasteiger partial charge in [0.1, 0.15) is 11.4 Å². The normalized spacial score (nSPS) is 11.9. The van der Waals surface area contributed by atoms with Gasteiger partial charge in [-0.1, -0.05) is 36.0 Å². The Kier molecular flexibility index (Phi) is 6.03. The number of ether oxygens (including phenoxy) is 1. The summed E-state index contributed by atoms with van der Waals surface area (Å²) in [6, 6.07) is 15.5. The van der Waals surface area contributed by atoms with Gasteiger partial charge in [-0.3, -0.25) is 4.79 Å². The molecule has 0 bridgehead atoms. The van der Waals surface area contributed by atoms with Crippen LogP contribution in [-0.4, -0.2) is 28.2 Å². The second kappa shape index (κ2) is 8.86. The van der Waals surface area contributed by atoms with Gasteiger partial charge in [0.25, 0.3) is 0 Å². The quantitative estimate of drug-likeness (QED) is 0.346. The fourth-order valence-electron chi connectivity index (χ4n) is 2.80. The lowest BCUT2D eigenvalue weighted by Gasteiger charge is -2.13. The molecule has 148 valence electrons. The van der Waals surface area contributed by atoms with E-state index in [2.05, 4.69) is 22.4 Å². The van der Waals surface area contributed by atoms with Crippen molar-refractivity contribution in [1.82, 2.24) is 9.97 Å². The first-order valence-corrected chi connectivity index (χ1v) is 11.6. The number of thioether (sulfide) groups is 1. The number of imidazole rings is 1. The molecule has 0 saturated carbocycles. The summed E-state index contributed by atoms with van der Waals surface area (Å²) in [7, 11) is 1.59. The van der Waals surface area contributed by atoms with Crippen molar-refractivity contribution in [1.29, 1.82) is 0 Å². The van der Waals surface area contributed by atoms with Crippen molar-refractivity contribution < 1.29 is 9.53 Å². The molecular weight excluding hydrogens is 422 g/mol. The molecule has 1 aromatic carbocycles. The minimum absolute atomic E-state index is 0.105. The maximum Gasteiger partial charge on any atom is 0.237 e. The van der Waals surface area contributed by atoms with Gasteiger partial charge in [0.05, 0.1) is 33.5 Å². The van der Waals surface area contributed by atoms with Crippen LogP contribution in [0.3, 0.4) is 0 Å². The Bertz CT molecular complexity index is 1040. The predicted octanol–water partition coefficient (Wildman–Crippen LogP) is 5.99. The van der Waals surface area contributed by atoms with E-state index >= 15 is 0 Å². The molecule has 5 nitrogen and oxygen atoms in total. The van der Waals surface area contributed by atoms with E-state index in [4.69, 9.17) is 9.72 Å². The van der Waals surface area contributed by atoms with Gasteiger partial charge in [-0.25, -0.2) is 4.98 Å². The zero-order valence-electron chi connectivity index (χ0n) is 15.8. The Morgan fingerprint density at radius 3 is 2.52 bits per heavy atom. The molecular formula is C21H19N3O2S3. The van der Waals surface area contributed by atoms with Crippen molar-refractivity contribution >= 4 is 46.0 Å². The molecule has 1 unspecified atom stereocenters. The van der Waals surface area contributed by atoms with Crippen molar-refractivity contribution in [2.75, 3.05) is 12.4 Å². The molecule has 2 N–H and O–H groups in total. The number of nitrogens with zero attached hydrogens (tertiary/aromatic N) is 1. The van der Waals surface area contributed by atoms with Crippen molar-refractivity contribution in [3.63, 3.8) is 0 Å². The average Bonchev–Trinajstić information content (AvgIpc) is 3.48. The molecule has 4 rings (SSSR count). The Morgan fingerprint density at radius 1 is 1.10 bits per heavy atom. The fourth-order valence-corrected chi connectivity index (χ4v) is 5.05. The maximum atomic E-state index is 12.7. The summed E-state index contributed by atoms with van der Waals surface area (Å²) in [4.78, 5) is 23.1. The minimum atomic E-state index is -0.335. The number of aromatic amines is 1. The number of methoxy groups -OCH3 is 1. The summed E-state index contributed by atoms with van der Waals surface area (Å²) in [5, 5.41) is 7.41. The Balaban J connectivity index is 1.54. The third-order valence-corrected chi connectivity index (χ3v) is 6.97. The number of para-hydroxylation sites is 2. The summed E-state index contributed by atoms with van der Waals surface area (Å²) in [6.45, 7) is 1.87.